The van der Waals surface area contributed by atoms with E-state index in [4.69, 9.17) is 0 Å². The number of hydrogen-bond acceptors (Lipinski definition) is 2. The lowest BCUT2D eigenvalue weighted by Gasteiger charge is -2.24. The Morgan fingerprint density at radius 3 is 2.70 bits per heavy atom. The molecule has 1 atom stereocenters. The summed E-state index contributed by atoms with van der Waals surface area (Å²) >= 11 is 2.22. The minimum absolute atomic E-state index is 0.00534. The van der Waals surface area contributed by atoms with E-state index in [9.17, 15) is 9.59 Å². The van der Waals surface area contributed by atoms with Crippen LogP contribution in [0.15, 0.2) is 48.5 Å². The highest BCUT2D eigenvalue weighted by atomic mass is 127. The number of nitrogens with one attached hydrogen (secondary N) is 2. The van der Waals surface area contributed by atoms with Crippen LogP contribution in [-0.4, -0.2) is 11.8 Å². The van der Waals surface area contributed by atoms with Gasteiger partial charge in [0.25, 0.3) is 0 Å². The van der Waals surface area contributed by atoms with Gasteiger partial charge in [-0.05, 0) is 71.3 Å². The molecule has 3 rings (SSSR count). The molecule has 4 nitrogen and oxygen atoms in total. The number of fused-ring (bicyclic) bond motifs is 1. The van der Waals surface area contributed by atoms with Crippen molar-refractivity contribution in [3.8, 4) is 0 Å². The normalized spacial score (nSPS) is 16.4. The van der Waals surface area contributed by atoms with Crippen LogP contribution in [0.2, 0.25) is 0 Å². The first kappa shape index (κ1) is 16.0. The SMILES string of the molecule is O=C(CCC1Cc2ccccc2NC1=O)Nc1ccc(I)cc1. The molecule has 1 heterocycles. The summed E-state index contributed by atoms with van der Waals surface area (Å²) in [6.45, 7) is 0. The van der Waals surface area contributed by atoms with E-state index < -0.39 is 0 Å². The Hall–Kier alpha value is -1.89. The molecule has 0 saturated carbocycles. The maximum absolute atomic E-state index is 12.1. The Morgan fingerprint density at radius 1 is 1.17 bits per heavy atom. The molecular formula is C18H17IN2O2. The van der Waals surface area contributed by atoms with Gasteiger partial charge in [-0.15, -0.1) is 0 Å². The summed E-state index contributed by atoms with van der Waals surface area (Å²) in [5.74, 6) is -0.198. The molecule has 1 aliphatic heterocycles. The molecule has 5 heteroatoms. The second-order valence-electron chi connectivity index (χ2n) is 5.64. The Balaban J connectivity index is 1.55. The first-order valence-corrected chi connectivity index (χ1v) is 8.64. The highest BCUT2D eigenvalue weighted by Gasteiger charge is 2.26. The lowest BCUT2D eigenvalue weighted by molar-refractivity contribution is -0.121. The van der Waals surface area contributed by atoms with Crippen molar-refractivity contribution in [2.75, 3.05) is 10.6 Å². The van der Waals surface area contributed by atoms with E-state index in [2.05, 4.69) is 33.2 Å². The fourth-order valence-corrected chi connectivity index (χ4v) is 3.07. The molecule has 0 aromatic heterocycles. The Bertz CT molecular complexity index is 728. The minimum atomic E-state index is -0.146. The van der Waals surface area contributed by atoms with Crippen molar-refractivity contribution >= 4 is 45.8 Å². The fourth-order valence-electron chi connectivity index (χ4n) is 2.71. The maximum Gasteiger partial charge on any atom is 0.227 e. The van der Waals surface area contributed by atoms with Gasteiger partial charge in [0.2, 0.25) is 11.8 Å². The predicted octanol–water partition coefficient (Wildman–Crippen LogP) is 3.82. The van der Waals surface area contributed by atoms with E-state index in [0.717, 1.165) is 20.5 Å². The smallest absolute Gasteiger partial charge is 0.227 e. The van der Waals surface area contributed by atoms with Gasteiger partial charge >= 0.3 is 0 Å². The van der Waals surface area contributed by atoms with Crippen molar-refractivity contribution in [2.45, 2.75) is 19.3 Å². The van der Waals surface area contributed by atoms with Crippen LogP contribution in [0.4, 0.5) is 11.4 Å². The predicted molar refractivity (Wildman–Crippen MR) is 99.3 cm³/mol. The first-order chi connectivity index (χ1) is 11.1. The molecule has 0 fully saturated rings. The average molecular weight is 420 g/mol. The van der Waals surface area contributed by atoms with E-state index in [-0.39, 0.29) is 17.7 Å². The van der Waals surface area contributed by atoms with Crippen LogP contribution in [0.3, 0.4) is 0 Å². The van der Waals surface area contributed by atoms with Crippen molar-refractivity contribution in [3.63, 3.8) is 0 Å². The molecule has 0 radical (unpaired) electrons. The number of anilines is 2. The summed E-state index contributed by atoms with van der Waals surface area (Å²) < 4.78 is 1.12. The van der Waals surface area contributed by atoms with Gasteiger partial charge in [0, 0.05) is 27.3 Å². The minimum Gasteiger partial charge on any atom is -0.326 e. The summed E-state index contributed by atoms with van der Waals surface area (Å²) in [6.07, 6.45) is 1.58. The Labute approximate surface area is 148 Å². The molecule has 2 amide bonds. The van der Waals surface area contributed by atoms with E-state index in [1.165, 1.54) is 0 Å². The van der Waals surface area contributed by atoms with Gasteiger partial charge in [-0.25, -0.2) is 0 Å². The molecule has 1 aliphatic rings. The summed E-state index contributed by atoms with van der Waals surface area (Å²) in [4.78, 5) is 24.2. The molecule has 2 N–H and O–H groups in total. The number of carbonyl (C=O) groups is 2. The van der Waals surface area contributed by atoms with E-state index in [0.29, 0.717) is 19.3 Å². The molecular weight excluding hydrogens is 403 g/mol. The number of hydrogen-bond donors (Lipinski definition) is 2. The van der Waals surface area contributed by atoms with Crippen LogP contribution in [0.1, 0.15) is 18.4 Å². The van der Waals surface area contributed by atoms with Crippen LogP contribution in [-0.2, 0) is 16.0 Å². The second kappa shape index (κ2) is 7.12. The molecule has 118 valence electrons. The van der Waals surface area contributed by atoms with Gasteiger partial charge in [0.05, 0.1) is 0 Å². The third-order valence-electron chi connectivity index (χ3n) is 3.96. The number of halogens is 1. The fraction of sp³-hybridized carbons (Fsp3) is 0.222. The van der Waals surface area contributed by atoms with Gasteiger partial charge in [-0.3, -0.25) is 9.59 Å². The topological polar surface area (TPSA) is 58.2 Å². The molecule has 0 bridgehead atoms. The van der Waals surface area contributed by atoms with Crippen LogP contribution < -0.4 is 10.6 Å². The maximum atomic E-state index is 12.1. The quantitative estimate of drug-likeness (QED) is 0.740. The van der Waals surface area contributed by atoms with Crippen molar-refractivity contribution in [3.05, 3.63) is 57.7 Å². The molecule has 0 spiro atoms. The van der Waals surface area contributed by atoms with Crippen molar-refractivity contribution in [2.24, 2.45) is 5.92 Å². The standard InChI is InChI=1S/C18H17IN2O2/c19-14-6-8-15(9-7-14)20-17(22)10-5-13-11-12-3-1-2-4-16(12)21-18(13)23/h1-4,6-9,13H,5,10-11H2,(H,20,22)(H,21,23). The lowest BCUT2D eigenvalue weighted by atomic mass is 9.89. The number of benzene rings is 2. The van der Waals surface area contributed by atoms with Crippen molar-refractivity contribution < 1.29 is 9.59 Å². The molecule has 23 heavy (non-hydrogen) atoms. The van der Waals surface area contributed by atoms with Gasteiger partial charge in [0.1, 0.15) is 0 Å². The van der Waals surface area contributed by atoms with E-state index >= 15 is 0 Å². The van der Waals surface area contributed by atoms with E-state index in [1.807, 2.05) is 48.5 Å². The highest BCUT2D eigenvalue weighted by molar-refractivity contribution is 14.1. The second-order valence-corrected chi connectivity index (χ2v) is 6.89. The van der Waals surface area contributed by atoms with Gasteiger partial charge in [-0.1, -0.05) is 18.2 Å². The third-order valence-corrected chi connectivity index (χ3v) is 4.68. The largest absolute Gasteiger partial charge is 0.326 e. The lowest BCUT2D eigenvalue weighted by Crippen LogP contribution is -2.30. The zero-order chi connectivity index (χ0) is 16.2. The molecule has 2 aromatic rings. The first-order valence-electron chi connectivity index (χ1n) is 7.56. The number of amides is 2. The monoisotopic (exact) mass is 420 g/mol. The van der Waals surface area contributed by atoms with Crippen LogP contribution in [0, 0.1) is 9.49 Å². The number of carbonyl (C=O) groups excluding carboxylic acids is 2. The molecule has 2 aromatic carbocycles. The number of para-hydroxylation sites is 1. The van der Waals surface area contributed by atoms with Gasteiger partial charge < -0.3 is 10.6 Å². The summed E-state index contributed by atoms with van der Waals surface area (Å²) in [5.41, 5.74) is 2.81. The molecule has 0 aliphatic carbocycles. The van der Waals surface area contributed by atoms with E-state index in [1.54, 1.807) is 0 Å². The van der Waals surface area contributed by atoms with Crippen LogP contribution >= 0.6 is 22.6 Å². The zero-order valence-electron chi connectivity index (χ0n) is 12.5. The van der Waals surface area contributed by atoms with Crippen molar-refractivity contribution in [1.82, 2.24) is 0 Å². The number of rotatable bonds is 4. The third kappa shape index (κ3) is 4.10. The van der Waals surface area contributed by atoms with Crippen LogP contribution in [0.5, 0.6) is 0 Å². The van der Waals surface area contributed by atoms with Crippen LogP contribution in [0.25, 0.3) is 0 Å². The molecule has 0 saturated heterocycles. The summed E-state index contributed by atoms with van der Waals surface area (Å²) in [6, 6.07) is 15.5. The Morgan fingerprint density at radius 2 is 1.91 bits per heavy atom. The average Bonchev–Trinajstić information content (AvgIpc) is 2.55. The zero-order valence-corrected chi connectivity index (χ0v) is 14.7. The van der Waals surface area contributed by atoms with Crippen molar-refractivity contribution in [1.29, 1.82) is 0 Å². The highest BCUT2D eigenvalue weighted by Crippen LogP contribution is 2.27. The van der Waals surface area contributed by atoms with Gasteiger partial charge in [0.15, 0.2) is 0 Å². The summed E-state index contributed by atoms with van der Waals surface area (Å²) in [7, 11) is 0. The Kier molecular flexibility index (Phi) is 4.95. The van der Waals surface area contributed by atoms with Gasteiger partial charge in [-0.2, -0.15) is 0 Å². The summed E-state index contributed by atoms with van der Waals surface area (Å²) in [5, 5.41) is 5.79. The molecule has 1 unspecified atom stereocenters.